The first-order chi connectivity index (χ1) is 6.65. The predicted molar refractivity (Wildman–Crippen MR) is 53.2 cm³/mol. The molecular weight excluding hydrogens is 182 g/mol. The lowest BCUT2D eigenvalue weighted by Crippen LogP contribution is -2.14. The molecule has 1 aromatic rings. The first kappa shape index (κ1) is 10.7. The maximum absolute atomic E-state index is 11.3. The molecule has 78 valence electrons. The number of hydrogen-bond acceptors (Lipinski definition) is 3. The van der Waals surface area contributed by atoms with Gasteiger partial charge < -0.3 is 10.1 Å². The van der Waals surface area contributed by atoms with Gasteiger partial charge in [-0.1, -0.05) is 0 Å². The van der Waals surface area contributed by atoms with E-state index in [1.54, 1.807) is 7.11 Å². The summed E-state index contributed by atoms with van der Waals surface area (Å²) >= 11 is 0. The molecule has 5 nitrogen and oxygen atoms in total. The van der Waals surface area contributed by atoms with Gasteiger partial charge in [0.05, 0.1) is 30.1 Å². The fourth-order valence-electron chi connectivity index (χ4n) is 1.13. The lowest BCUT2D eigenvalue weighted by Gasteiger charge is -2.04. The molecule has 0 unspecified atom stereocenters. The highest BCUT2D eigenvalue weighted by Gasteiger charge is 2.09. The van der Waals surface area contributed by atoms with Gasteiger partial charge >= 0.3 is 0 Å². The topological polar surface area (TPSA) is 67.0 Å². The number of rotatable bonds is 4. The number of ether oxygens (including phenoxy) is 1. The summed E-state index contributed by atoms with van der Waals surface area (Å²) in [4.78, 5) is 11.3. The summed E-state index contributed by atoms with van der Waals surface area (Å²) in [5.74, 6) is -0.0561. The van der Waals surface area contributed by atoms with E-state index in [1.165, 1.54) is 0 Å². The molecule has 1 heterocycles. The van der Waals surface area contributed by atoms with Crippen molar-refractivity contribution in [3.05, 3.63) is 11.4 Å². The summed E-state index contributed by atoms with van der Waals surface area (Å²) in [7, 11) is 1.57. The number of carbonyl (C=O) groups is 1. The Morgan fingerprint density at radius 2 is 2.29 bits per heavy atom. The van der Waals surface area contributed by atoms with Crippen molar-refractivity contribution in [3.8, 4) is 0 Å². The van der Waals surface area contributed by atoms with Gasteiger partial charge in [0.25, 0.3) is 0 Å². The zero-order valence-corrected chi connectivity index (χ0v) is 8.68. The minimum Gasteiger partial charge on any atom is -0.384 e. The lowest BCUT2D eigenvalue weighted by molar-refractivity contribution is -0.117. The number of anilines is 1. The summed E-state index contributed by atoms with van der Waals surface area (Å²) in [6, 6.07) is 0. The Hall–Kier alpha value is -1.36. The minimum atomic E-state index is -0.0561. The fourth-order valence-corrected chi connectivity index (χ4v) is 1.13. The standard InChI is InChI=1S/C9H15N3O2/c1-6-9(7(2)12-11-6)10-8(13)4-5-14-3/h4-5H2,1-3H3,(H,10,13)(H,11,12). The van der Waals surface area contributed by atoms with Gasteiger partial charge in [-0.25, -0.2) is 0 Å². The largest absolute Gasteiger partial charge is 0.384 e. The third-order valence-electron chi connectivity index (χ3n) is 1.93. The van der Waals surface area contributed by atoms with Crippen LogP contribution < -0.4 is 5.32 Å². The van der Waals surface area contributed by atoms with E-state index in [0.29, 0.717) is 13.0 Å². The van der Waals surface area contributed by atoms with Crippen molar-refractivity contribution in [1.82, 2.24) is 10.2 Å². The Morgan fingerprint density at radius 3 is 2.79 bits per heavy atom. The smallest absolute Gasteiger partial charge is 0.226 e. The number of methoxy groups -OCH3 is 1. The number of aryl methyl sites for hydroxylation is 2. The molecule has 1 amide bonds. The van der Waals surface area contributed by atoms with E-state index >= 15 is 0 Å². The van der Waals surface area contributed by atoms with E-state index in [4.69, 9.17) is 4.74 Å². The van der Waals surface area contributed by atoms with Crippen LogP contribution in [-0.4, -0.2) is 29.8 Å². The van der Waals surface area contributed by atoms with Crippen LogP contribution in [0.25, 0.3) is 0 Å². The molecule has 0 aliphatic rings. The number of aromatic nitrogens is 2. The maximum atomic E-state index is 11.3. The number of carbonyl (C=O) groups excluding carboxylic acids is 1. The minimum absolute atomic E-state index is 0.0561. The molecule has 0 spiro atoms. The summed E-state index contributed by atoms with van der Waals surface area (Å²) in [5.41, 5.74) is 2.44. The average Bonchev–Trinajstić information content (AvgIpc) is 2.46. The zero-order chi connectivity index (χ0) is 10.6. The number of aromatic amines is 1. The summed E-state index contributed by atoms with van der Waals surface area (Å²) < 4.78 is 4.81. The molecule has 0 radical (unpaired) electrons. The molecule has 0 saturated carbocycles. The second-order valence-corrected chi connectivity index (χ2v) is 3.10. The van der Waals surface area contributed by atoms with E-state index < -0.39 is 0 Å². The number of nitrogens with one attached hydrogen (secondary N) is 2. The Morgan fingerprint density at radius 1 is 1.57 bits per heavy atom. The van der Waals surface area contributed by atoms with Crippen molar-refractivity contribution in [1.29, 1.82) is 0 Å². The highest BCUT2D eigenvalue weighted by molar-refractivity contribution is 5.91. The predicted octanol–water partition coefficient (Wildman–Crippen LogP) is 1.00. The lowest BCUT2D eigenvalue weighted by atomic mass is 10.3. The zero-order valence-electron chi connectivity index (χ0n) is 8.68. The van der Waals surface area contributed by atoms with Crippen LogP contribution >= 0.6 is 0 Å². The van der Waals surface area contributed by atoms with E-state index in [1.807, 2.05) is 13.8 Å². The Labute approximate surface area is 82.8 Å². The Kier molecular flexibility index (Phi) is 3.64. The number of amides is 1. The first-order valence-electron chi connectivity index (χ1n) is 4.45. The van der Waals surface area contributed by atoms with Gasteiger partial charge in [-0.3, -0.25) is 9.89 Å². The van der Waals surface area contributed by atoms with Crippen LogP contribution in [-0.2, 0) is 9.53 Å². The molecule has 0 fully saturated rings. The fraction of sp³-hybridized carbons (Fsp3) is 0.556. The van der Waals surface area contributed by atoms with E-state index in [-0.39, 0.29) is 5.91 Å². The van der Waals surface area contributed by atoms with Crippen LogP contribution in [0.5, 0.6) is 0 Å². The van der Waals surface area contributed by atoms with Crippen molar-refractivity contribution >= 4 is 11.6 Å². The van der Waals surface area contributed by atoms with Crippen LogP contribution in [0, 0.1) is 13.8 Å². The molecular formula is C9H15N3O2. The summed E-state index contributed by atoms with van der Waals surface area (Å²) in [5, 5.41) is 9.56. The summed E-state index contributed by atoms with van der Waals surface area (Å²) in [6.07, 6.45) is 0.362. The third kappa shape index (κ3) is 2.56. The first-order valence-corrected chi connectivity index (χ1v) is 4.45. The van der Waals surface area contributed by atoms with Gasteiger partial charge in [-0.05, 0) is 13.8 Å². The molecule has 14 heavy (non-hydrogen) atoms. The number of H-pyrrole nitrogens is 1. The van der Waals surface area contributed by atoms with Crippen molar-refractivity contribution in [2.75, 3.05) is 19.0 Å². The van der Waals surface area contributed by atoms with Gasteiger partial charge in [0.1, 0.15) is 0 Å². The Balaban J connectivity index is 2.55. The average molecular weight is 197 g/mol. The van der Waals surface area contributed by atoms with Crippen LogP contribution in [0.1, 0.15) is 17.8 Å². The molecule has 2 N–H and O–H groups in total. The second-order valence-electron chi connectivity index (χ2n) is 3.10. The van der Waals surface area contributed by atoms with Gasteiger partial charge in [0.15, 0.2) is 0 Å². The molecule has 0 aromatic carbocycles. The molecule has 0 aliphatic heterocycles. The van der Waals surface area contributed by atoms with Gasteiger partial charge in [0, 0.05) is 7.11 Å². The van der Waals surface area contributed by atoms with Crippen molar-refractivity contribution in [3.63, 3.8) is 0 Å². The van der Waals surface area contributed by atoms with Gasteiger partial charge in [0.2, 0.25) is 5.91 Å². The van der Waals surface area contributed by atoms with Crippen molar-refractivity contribution < 1.29 is 9.53 Å². The van der Waals surface area contributed by atoms with Crippen LogP contribution in [0.15, 0.2) is 0 Å². The molecule has 1 rings (SSSR count). The van der Waals surface area contributed by atoms with Gasteiger partial charge in [-0.15, -0.1) is 0 Å². The maximum Gasteiger partial charge on any atom is 0.226 e. The monoisotopic (exact) mass is 197 g/mol. The van der Waals surface area contributed by atoms with Crippen LogP contribution in [0.4, 0.5) is 5.69 Å². The molecule has 1 aromatic heterocycles. The molecule has 0 bridgehead atoms. The Bertz CT molecular complexity index is 300. The molecule has 5 heteroatoms. The van der Waals surface area contributed by atoms with Crippen molar-refractivity contribution in [2.45, 2.75) is 20.3 Å². The molecule has 0 saturated heterocycles. The molecule has 0 atom stereocenters. The van der Waals surface area contributed by atoms with Crippen LogP contribution in [0.2, 0.25) is 0 Å². The summed E-state index contributed by atoms with van der Waals surface area (Å²) in [6.45, 7) is 4.14. The normalized spacial score (nSPS) is 10.2. The highest BCUT2D eigenvalue weighted by Crippen LogP contribution is 2.15. The van der Waals surface area contributed by atoms with E-state index in [9.17, 15) is 4.79 Å². The molecule has 0 aliphatic carbocycles. The third-order valence-corrected chi connectivity index (χ3v) is 1.93. The van der Waals surface area contributed by atoms with Crippen molar-refractivity contribution in [2.24, 2.45) is 0 Å². The highest BCUT2D eigenvalue weighted by atomic mass is 16.5. The SMILES string of the molecule is COCCC(=O)Nc1c(C)n[nH]c1C. The second kappa shape index (κ2) is 4.76. The quantitative estimate of drug-likeness (QED) is 0.756. The number of nitrogens with zero attached hydrogens (tertiary/aromatic N) is 1. The van der Waals surface area contributed by atoms with Crippen LogP contribution in [0.3, 0.4) is 0 Å². The number of hydrogen-bond donors (Lipinski definition) is 2. The van der Waals surface area contributed by atoms with E-state index in [0.717, 1.165) is 17.1 Å². The van der Waals surface area contributed by atoms with Gasteiger partial charge in [-0.2, -0.15) is 5.10 Å². The van der Waals surface area contributed by atoms with E-state index in [2.05, 4.69) is 15.5 Å².